The van der Waals surface area contributed by atoms with Crippen molar-refractivity contribution in [2.45, 2.75) is 26.2 Å². The summed E-state index contributed by atoms with van der Waals surface area (Å²) in [5.74, 6) is 1.23. The molecule has 32 heavy (non-hydrogen) atoms. The molecule has 4 aromatic carbocycles. The molecule has 0 atom stereocenters. The third-order valence-corrected chi connectivity index (χ3v) is 5.93. The van der Waals surface area contributed by atoms with E-state index in [0.29, 0.717) is 11.8 Å². The van der Waals surface area contributed by atoms with E-state index in [-0.39, 0.29) is 5.41 Å². The summed E-state index contributed by atoms with van der Waals surface area (Å²) in [6.07, 6.45) is 0. The Bertz CT molecular complexity index is 1550. The zero-order valence-electron chi connectivity index (χ0n) is 18.2. The maximum atomic E-state index is 6.13. The van der Waals surface area contributed by atoms with Crippen LogP contribution in [0.15, 0.2) is 87.7 Å². The summed E-state index contributed by atoms with van der Waals surface area (Å²) in [5.41, 5.74) is 6.45. The second-order valence-electron chi connectivity index (χ2n) is 9.14. The molecule has 0 aliphatic rings. The number of hydrogen-bond donors (Lipinski definition) is 0. The van der Waals surface area contributed by atoms with Crippen molar-refractivity contribution in [3.8, 4) is 22.9 Å². The first kappa shape index (κ1) is 18.8. The Morgan fingerprint density at radius 2 is 1.12 bits per heavy atom. The summed E-state index contributed by atoms with van der Waals surface area (Å²) in [7, 11) is 0. The summed E-state index contributed by atoms with van der Waals surface area (Å²) in [5, 5.41) is 2.13. The second kappa shape index (κ2) is 6.79. The van der Waals surface area contributed by atoms with Crippen LogP contribution in [-0.4, -0.2) is 9.97 Å². The third kappa shape index (κ3) is 2.99. The molecule has 0 bridgehead atoms. The van der Waals surface area contributed by atoms with E-state index in [9.17, 15) is 0 Å². The van der Waals surface area contributed by atoms with Gasteiger partial charge < -0.3 is 8.83 Å². The van der Waals surface area contributed by atoms with E-state index < -0.39 is 0 Å². The Labute approximate surface area is 185 Å². The molecule has 156 valence electrons. The molecule has 0 radical (unpaired) electrons. The van der Waals surface area contributed by atoms with Gasteiger partial charge in [-0.1, -0.05) is 57.2 Å². The van der Waals surface area contributed by atoms with Crippen LogP contribution >= 0.6 is 0 Å². The molecular weight excluding hydrogens is 396 g/mol. The van der Waals surface area contributed by atoms with Crippen LogP contribution in [0.5, 0.6) is 0 Å². The Kier molecular flexibility index (Phi) is 3.99. The molecule has 0 aliphatic carbocycles. The fraction of sp³-hybridized carbons (Fsp3) is 0.143. The number of nitrogens with zero attached hydrogens (tertiary/aromatic N) is 2. The molecule has 0 saturated carbocycles. The summed E-state index contributed by atoms with van der Waals surface area (Å²) < 4.78 is 12.2. The molecule has 6 aromatic rings. The van der Waals surface area contributed by atoms with Crippen LogP contribution < -0.4 is 0 Å². The topological polar surface area (TPSA) is 52.1 Å². The molecule has 0 N–H and O–H groups in total. The zero-order valence-corrected chi connectivity index (χ0v) is 18.2. The van der Waals surface area contributed by atoms with Crippen LogP contribution in [0.4, 0.5) is 0 Å². The lowest BCUT2D eigenvalue weighted by atomic mass is 9.84. The van der Waals surface area contributed by atoms with E-state index in [4.69, 9.17) is 18.8 Å². The SMILES string of the molecule is CC(C)(C)c1ccc2c(-c3nc4ccccc4o3)ccc(-c3nc4ccccc4o3)c2c1. The number of oxazole rings is 2. The summed E-state index contributed by atoms with van der Waals surface area (Å²) in [6, 6.07) is 26.4. The highest BCUT2D eigenvalue weighted by atomic mass is 16.4. The average molecular weight is 418 g/mol. The molecule has 4 nitrogen and oxygen atoms in total. The molecule has 0 unspecified atom stereocenters. The number of benzene rings is 4. The number of fused-ring (bicyclic) bond motifs is 3. The highest BCUT2D eigenvalue weighted by Crippen LogP contribution is 2.39. The summed E-state index contributed by atoms with van der Waals surface area (Å²) >= 11 is 0. The molecule has 2 heterocycles. The fourth-order valence-corrected chi connectivity index (χ4v) is 4.16. The summed E-state index contributed by atoms with van der Waals surface area (Å²) in [6.45, 7) is 6.66. The van der Waals surface area contributed by atoms with Gasteiger partial charge in [0.1, 0.15) is 11.0 Å². The first-order valence-electron chi connectivity index (χ1n) is 10.8. The van der Waals surface area contributed by atoms with Crippen LogP contribution in [0, 0.1) is 0 Å². The number of aromatic nitrogens is 2. The third-order valence-electron chi connectivity index (χ3n) is 5.93. The maximum Gasteiger partial charge on any atom is 0.227 e. The van der Waals surface area contributed by atoms with Gasteiger partial charge >= 0.3 is 0 Å². The molecule has 0 fully saturated rings. The molecule has 2 aromatic heterocycles. The minimum Gasteiger partial charge on any atom is -0.436 e. The van der Waals surface area contributed by atoms with Crippen molar-refractivity contribution in [3.05, 3.63) is 84.4 Å². The van der Waals surface area contributed by atoms with Crippen molar-refractivity contribution in [2.24, 2.45) is 0 Å². The molecular formula is C28H22N2O2. The molecule has 6 rings (SSSR count). The van der Waals surface area contributed by atoms with E-state index in [1.165, 1.54) is 5.56 Å². The molecule has 0 spiro atoms. The number of rotatable bonds is 2. The monoisotopic (exact) mass is 418 g/mol. The summed E-state index contributed by atoms with van der Waals surface area (Å²) in [4.78, 5) is 9.49. The number of para-hydroxylation sites is 4. The Morgan fingerprint density at radius 3 is 1.66 bits per heavy atom. The Balaban J connectivity index is 1.63. The lowest BCUT2D eigenvalue weighted by Crippen LogP contribution is -2.10. The minimum absolute atomic E-state index is 0.0143. The van der Waals surface area contributed by atoms with E-state index in [2.05, 4.69) is 45.0 Å². The van der Waals surface area contributed by atoms with Crippen molar-refractivity contribution < 1.29 is 8.83 Å². The molecule has 0 saturated heterocycles. The van der Waals surface area contributed by atoms with Gasteiger partial charge in [-0.3, -0.25) is 0 Å². The van der Waals surface area contributed by atoms with Crippen molar-refractivity contribution in [2.75, 3.05) is 0 Å². The van der Waals surface area contributed by atoms with Crippen LogP contribution in [0.25, 0.3) is 55.9 Å². The van der Waals surface area contributed by atoms with Gasteiger partial charge in [0.2, 0.25) is 11.8 Å². The smallest absolute Gasteiger partial charge is 0.227 e. The van der Waals surface area contributed by atoms with Gasteiger partial charge in [0.25, 0.3) is 0 Å². The Morgan fingerprint density at radius 1 is 0.594 bits per heavy atom. The van der Waals surface area contributed by atoms with Gasteiger partial charge in [0.15, 0.2) is 11.2 Å². The predicted octanol–water partition coefficient (Wildman–Crippen LogP) is 7.75. The zero-order chi connectivity index (χ0) is 21.9. The predicted molar refractivity (Wildman–Crippen MR) is 129 cm³/mol. The van der Waals surface area contributed by atoms with Gasteiger partial charge in [-0.2, -0.15) is 0 Å². The maximum absolute atomic E-state index is 6.13. The lowest BCUT2D eigenvalue weighted by molar-refractivity contribution is 0.591. The quantitative estimate of drug-likeness (QED) is 0.288. The van der Waals surface area contributed by atoms with E-state index >= 15 is 0 Å². The highest BCUT2D eigenvalue weighted by Gasteiger charge is 2.20. The van der Waals surface area contributed by atoms with Crippen LogP contribution in [0.2, 0.25) is 0 Å². The number of hydrogen-bond acceptors (Lipinski definition) is 4. The van der Waals surface area contributed by atoms with Gasteiger partial charge in [-0.25, -0.2) is 9.97 Å². The Hall–Kier alpha value is -3.92. The van der Waals surface area contributed by atoms with Gasteiger partial charge in [0.05, 0.1) is 0 Å². The van der Waals surface area contributed by atoms with Gasteiger partial charge in [-0.05, 0) is 64.2 Å². The van der Waals surface area contributed by atoms with E-state index in [0.717, 1.165) is 44.1 Å². The molecule has 0 amide bonds. The largest absolute Gasteiger partial charge is 0.436 e. The standard InChI is InChI=1S/C28H22N2O2/c1-28(2,3)17-12-13-18-19(26-29-22-8-4-6-10-24(22)31-26)14-15-20(21(18)16-17)27-30-23-9-5-7-11-25(23)32-27/h4-16H,1-3H3. The van der Waals surface area contributed by atoms with Crippen molar-refractivity contribution >= 4 is 33.0 Å². The lowest BCUT2D eigenvalue weighted by Gasteiger charge is -2.20. The average Bonchev–Trinajstić information content (AvgIpc) is 3.41. The molecule has 4 heteroatoms. The highest BCUT2D eigenvalue weighted by molar-refractivity contribution is 6.04. The fourth-order valence-electron chi connectivity index (χ4n) is 4.16. The van der Waals surface area contributed by atoms with E-state index in [1.54, 1.807) is 0 Å². The molecule has 0 aliphatic heterocycles. The second-order valence-corrected chi connectivity index (χ2v) is 9.14. The van der Waals surface area contributed by atoms with Crippen molar-refractivity contribution in [1.82, 2.24) is 9.97 Å². The van der Waals surface area contributed by atoms with Crippen molar-refractivity contribution in [3.63, 3.8) is 0 Å². The van der Waals surface area contributed by atoms with Crippen molar-refractivity contribution in [1.29, 1.82) is 0 Å². The first-order chi connectivity index (χ1) is 15.5. The van der Waals surface area contributed by atoms with Crippen LogP contribution in [0.3, 0.4) is 0 Å². The minimum atomic E-state index is 0.0143. The van der Waals surface area contributed by atoms with Crippen LogP contribution in [-0.2, 0) is 5.41 Å². The normalized spacial score (nSPS) is 12.2. The van der Waals surface area contributed by atoms with Gasteiger partial charge in [0, 0.05) is 11.1 Å². The first-order valence-corrected chi connectivity index (χ1v) is 10.8. The van der Waals surface area contributed by atoms with Gasteiger partial charge in [-0.15, -0.1) is 0 Å². The van der Waals surface area contributed by atoms with E-state index in [1.807, 2.05) is 54.6 Å². The van der Waals surface area contributed by atoms with Crippen LogP contribution in [0.1, 0.15) is 26.3 Å².